The van der Waals surface area contributed by atoms with Crippen molar-refractivity contribution in [2.24, 2.45) is 51.1 Å². The second kappa shape index (κ2) is 34.6. The highest BCUT2D eigenvalue weighted by Crippen LogP contribution is 2.48. The third-order valence-corrected chi connectivity index (χ3v) is 17.0. The van der Waals surface area contributed by atoms with E-state index in [0.717, 1.165) is 30.0 Å². The Morgan fingerprint density at radius 1 is 0.449 bits per heavy atom. The van der Waals surface area contributed by atoms with Crippen LogP contribution in [-0.4, -0.2) is 117 Å². The van der Waals surface area contributed by atoms with Crippen molar-refractivity contribution in [3.05, 3.63) is 169 Å². The summed E-state index contributed by atoms with van der Waals surface area (Å²) in [4.78, 5) is 8.29. The van der Waals surface area contributed by atoms with Crippen LogP contribution < -0.4 is 20.1 Å². The Hall–Kier alpha value is -12.9. The molecular formula is C64H50N12O25S6. The largest absolute Gasteiger partial charge is 0.507 e. The number of carbonyl (C=O) groups is 1. The average Bonchev–Trinajstić information content (AvgIpc) is 0.775. The van der Waals surface area contributed by atoms with Crippen LogP contribution in [0.3, 0.4) is 0 Å². The molecule has 107 heavy (non-hydrogen) atoms. The van der Waals surface area contributed by atoms with Crippen molar-refractivity contribution < 1.29 is 111 Å². The number of benzene rings is 11. The molecule has 0 heterocycles. The molecule has 0 aliphatic heterocycles. The molecule has 0 saturated carbocycles. The van der Waals surface area contributed by atoms with Gasteiger partial charge >= 0.3 is 31.8 Å². The van der Waals surface area contributed by atoms with E-state index in [2.05, 4.69) is 61.8 Å². The van der Waals surface area contributed by atoms with Crippen molar-refractivity contribution in [3.8, 4) is 34.5 Å². The number of phenolic OH excluding ortho intramolecular Hbond substituents is 4. The van der Waals surface area contributed by atoms with E-state index in [9.17, 15) is 64.1 Å². The highest BCUT2D eigenvalue weighted by atomic mass is 32.2. The van der Waals surface area contributed by atoms with Crippen molar-refractivity contribution in [1.82, 2.24) is 0 Å². The molecule has 11 rings (SSSR count). The molecule has 0 atom stereocenters. The summed E-state index contributed by atoms with van der Waals surface area (Å²) in [7, 11) is -22.6. The lowest BCUT2D eigenvalue weighted by Gasteiger charge is -2.12. The number of fused-ring (bicyclic) bond motifs is 4. The van der Waals surface area contributed by atoms with Crippen LogP contribution in [0.4, 0.5) is 73.9 Å². The van der Waals surface area contributed by atoms with Gasteiger partial charge < -0.3 is 40.5 Å². The number of anilines is 3. The first-order chi connectivity index (χ1) is 50.6. The smallest absolute Gasteiger partial charge is 0.425 e. The second-order valence-electron chi connectivity index (χ2n) is 21.4. The van der Waals surface area contributed by atoms with Gasteiger partial charge in [-0.1, -0.05) is 25.1 Å². The fourth-order valence-electron chi connectivity index (χ4n) is 9.87. The maximum absolute atomic E-state index is 13.0. The van der Waals surface area contributed by atoms with Gasteiger partial charge in [-0.25, -0.2) is 0 Å². The van der Waals surface area contributed by atoms with Gasteiger partial charge in [0.1, 0.15) is 50.6 Å². The zero-order valence-electron chi connectivity index (χ0n) is 54.5. The lowest BCUT2D eigenvalue weighted by atomic mass is 10.1. The van der Waals surface area contributed by atoms with Crippen LogP contribution in [0.1, 0.15) is 18.9 Å². The molecule has 0 aliphatic carbocycles. The molecule has 0 aromatic heterocycles. The number of hydrogen-bond acceptors (Lipinski definition) is 34. The Labute approximate surface area is 607 Å². The quantitative estimate of drug-likeness (QED) is 0.0183. The molecule has 0 amide bonds. The normalized spacial score (nSPS) is 11.7. The minimum Gasteiger partial charge on any atom is -0.507 e. The predicted molar refractivity (Wildman–Crippen MR) is 381 cm³/mol. The zero-order valence-corrected chi connectivity index (χ0v) is 59.4. The van der Waals surface area contributed by atoms with Gasteiger partial charge in [0.25, 0.3) is 36.8 Å². The molecule has 43 heteroatoms. The lowest BCUT2D eigenvalue weighted by molar-refractivity contribution is -0.120. The standard InChI is InChI=1S/C64H50N12O16S3.3O3S/c1-4-22-91-57-32-53(72-74-55-30-44(93(82,83)84)25-37-26-45(94(85,86)87)31-56(78)59(37)55)34(2)23-54(57)73-76-61-58(95(88,89)90)27-36-24-41(13-16-46(36)64(61)81)69-75-60-47-17-21-52(62(79)48(47)18-20-50(60)65-3)71-68-42-10-8-35-9-19-51(63(80)49(35)29-42)70-67-40-7-5-6-39(28-40)66-38-11-14-43(15-12-38)92-33-77;3*1-4(2)3/h5-21,23-33,65-66,78-81H,4,22H2,1-3H3,(H,82,83,84)(H,85,86,87)(H,88,89,90);;;. The first kappa shape index (κ1) is 79.8. The summed E-state index contributed by atoms with van der Waals surface area (Å²) in [5.74, 6) is -1.42. The second-order valence-corrected chi connectivity index (χ2v) is 26.9. The predicted octanol–water partition coefficient (Wildman–Crippen LogP) is 14.3. The van der Waals surface area contributed by atoms with Crippen LogP contribution in [0.2, 0.25) is 0 Å². The van der Waals surface area contributed by atoms with Gasteiger partial charge in [-0.2, -0.15) is 45.7 Å². The van der Waals surface area contributed by atoms with Crippen LogP contribution in [0, 0.1) is 6.92 Å². The molecule has 9 N–H and O–H groups in total. The number of hydrogen-bond donors (Lipinski definition) is 9. The van der Waals surface area contributed by atoms with E-state index in [0.29, 0.717) is 74.6 Å². The molecule has 0 saturated heterocycles. The molecular weight excluding hydrogens is 1530 g/mol. The molecule has 0 fully saturated rings. The van der Waals surface area contributed by atoms with Gasteiger partial charge in [0.2, 0.25) is 0 Å². The number of phenols is 4. The van der Waals surface area contributed by atoms with Crippen LogP contribution in [-0.2, 0) is 67.0 Å². The zero-order chi connectivity index (χ0) is 78.2. The van der Waals surface area contributed by atoms with E-state index >= 15 is 0 Å². The topological polar surface area (TPSA) is 581 Å². The van der Waals surface area contributed by atoms with Crippen LogP contribution in [0.5, 0.6) is 34.5 Å². The third-order valence-electron chi connectivity index (χ3n) is 14.5. The van der Waals surface area contributed by atoms with E-state index in [1.807, 2.05) is 6.07 Å². The minimum atomic E-state index is -5.14. The Kier molecular flexibility index (Phi) is 25.8. The first-order valence-electron chi connectivity index (χ1n) is 29.6. The van der Waals surface area contributed by atoms with Crippen LogP contribution in [0.25, 0.3) is 43.1 Å². The number of carbonyl (C=O) groups excluding carboxylic acids is 1. The van der Waals surface area contributed by atoms with Crippen LogP contribution in [0.15, 0.2) is 230 Å². The molecule has 37 nitrogen and oxygen atoms in total. The number of rotatable bonds is 21. The number of ether oxygens (including phenoxy) is 2. The average molecular weight is 1580 g/mol. The van der Waals surface area contributed by atoms with Crippen LogP contribution >= 0.6 is 0 Å². The third kappa shape index (κ3) is 20.9. The fraction of sp³-hybridized carbons (Fsp3) is 0.0781. The van der Waals surface area contributed by atoms with Crippen molar-refractivity contribution in [3.63, 3.8) is 0 Å². The van der Waals surface area contributed by atoms with E-state index in [4.69, 9.17) is 47.4 Å². The highest BCUT2D eigenvalue weighted by Gasteiger charge is 2.25. The number of aryl methyl sites for hydroxylation is 1. The van der Waals surface area contributed by atoms with E-state index in [1.165, 1.54) is 36.4 Å². The Morgan fingerprint density at radius 2 is 0.981 bits per heavy atom. The molecule has 0 unspecified atom stereocenters. The maximum Gasteiger partial charge on any atom is 0.425 e. The number of aromatic hydroxyl groups is 4. The minimum absolute atomic E-state index is 0.00493. The van der Waals surface area contributed by atoms with Crippen molar-refractivity contribution in [2.75, 3.05) is 24.3 Å². The van der Waals surface area contributed by atoms with Gasteiger partial charge in [0, 0.05) is 52.1 Å². The number of azo groups is 5. The Morgan fingerprint density at radius 3 is 1.60 bits per heavy atom. The van der Waals surface area contributed by atoms with Gasteiger partial charge in [0.15, 0.2) is 17.2 Å². The van der Waals surface area contributed by atoms with Crippen molar-refractivity contribution in [2.45, 2.75) is 35.0 Å². The maximum atomic E-state index is 13.0. The summed E-state index contributed by atoms with van der Waals surface area (Å²) in [6.45, 7) is 3.82. The summed E-state index contributed by atoms with van der Waals surface area (Å²) in [6.07, 6.45) is 0.486. The molecule has 11 aromatic rings. The monoisotopic (exact) mass is 1580 g/mol. The van der Waals surface area contributed by atoms with Gasteiger partial charge in [-0.05, 0) is 169 Å². The summed E-state index contributed by atoms with van der Waals surface area (Å²) < 4.78 is 191. The number of nitrogens with zero attached hydrogens (tertiary/aromatic N) is 10. The Bertz CT molecular complexity index is 6190. The van der Waals surface area contributed by atoms with Crippen molar-refractivity contribution in [1.29, 1.82) is 0 Å². The lowest BCUT2D eigenvalue weighted by Crippen LogP contribution is -2.00. The molecule has 0 spiro atoms. The van der Waals surface area contributed by atoms with E-state index < -0.39 is 94.1 Å². The van der Waals surface area contributed by atoms with Crippen molar-refractivity contribution >= 4 is 186 Å². The molecule has 0 bridgehead atoms. The SMILES string of the molecule is CCCOc1cc(N=Nc2cc(S(=O)(=O)O)cc3cc(S(=O)(=O)O)cc(O)c23)c(C)cc1N=Nc1c(S(=O)(=O)O)cc2cc(N=Nc3c(NC)ccc4c(O)c(N=Nc5ccc6ccc(N=Nc7cccc(Nc8ccc(OC=O)cc8)c7)c(O)c6c5)ccc34)ccc2c1O.O=S(=O)=O.O=S(=O)=O.O=S(=O)=O. The summed E-state index contributed by atoms with van der Waals surface area (Å²) in [6, 6.07) is 40.3. The highest BCUT2D eigenvalue weighted by molar-refractivity contribution is 7.86. The van der Waals surface area contributed by atoms with E-state index in [1.54, 1.807) is 112 Å². The molecule has 552 valence electrons. The van der Waals surface area contributed by atoms with Gasteiger partial charge in [-0.3, -0.25) is 18.5 Å². The van der Waals surface area contributed by atoms with Gasteiger partial charge in [0.05, 0.1) is 55.9 Å². The Balaban J connectivity index is 0.00000112. The molecule has 0 radical (unpaired) electrons. The number of nitrogens with one attached hydrogen (secondary N) is 2. The van der Waals surface area contributed by atoms with E-state index in [-0.39, 0.29) is 85.2 Å². The molecule has 11 aromatic carbocycles. The summed E-state index contributed by atoms with van der Waals surface area (Å²) >= 11 is 0. The fourth-order valence-corrected chi connectivity index (χ4v) is 11.6. The summed E-state index contributed by atoms with van der Waals surface area (Å²) in [5.41, 5.74) is 2.90. The molecule has 0 aliphatic rings. The first-order valence-corrected chi connectivity index (χ1v) is 36.9. The van der Waals surface area contributed by atoms with Gasteiger partial charge in [-0.15, -0.1) is 68.6 Å². The summed E-state index contributed by atoms with van der Waals surface area (Å²) in [5, 5.41) is 96.2.